The second kappa shape index (κ2) is 9.80. The number of aryl methyl sites for hydroxylation is 2. The summed E-state index contributed by atoms with van der Waals surface area (Å²) >= 11 is 0. The molecule has 0 aromatic heterocycles. The van der Waals surface area contributed by atoms with Gasteiger partial charge in [-0.15, -0.1) is 0 Å². The van der Waals surface area contributed by atoms with Gasteiger partial charge in [0.1, 0.15) is 6.04 Å². The minimum Gasteiger partial charge on any atom is -0.395 e. The quantitative estimate of drug-likeness (QED) is 0.536. The summed E-state index contributed by atoms with van der Waals surface area (Å²) in [4.78, 5) is 28.2. The number of nitro benzene ring substituents is 1. The summed E-state index contributed by atoms with van der Waals surface area (Å²) in [5, 5.41) is 23.3. The number of β-amino-alcohol motifs (C(OH)–C–C–N with tert-alkyl or cyclic N) is 1. The van der Waals surface area contributed by atoms with Crippen LogP contribution in [0.2, 0.25) is 0 Å². The van der Waals surface area contributed by atoms with Crippen molar-refractivity contribution in [2.45, 2.75) is 19.9 Å². The molecule has 1 atom stereocenters. The molecular formula is C22H28N4O4. The minimum atomic E-state index is -0.555. The van der Waals surface area contributed by atoms with Gasteiger partial charge in [-0.2, -0.15) is 0 Å². The van der Waals surface area contributed by atoms with Crippen LogP contribution in [-0.2, 0) is 4.79 Å². The fraction of sp³-hybridized carbons (Fsp3) is 0.409. The Labute approximate surface area is 176 Å². The third-order valence-corrected chi connectivity index (χ3v) is 5.59. The number of nitrogens with zero attached hydrogens (tertiary/aromatic N) is 3. The van der Waals surface area contributed by atoms with E-state index in [1.54, 1.807) is 12.1 Å². The van der Waals surface area contributed by atoms with E-state index in [9.17, 15) is 20.0 Å². The van der Waals surface area contributed by atoms with Gasteiger partial charge in [0.2, 0.25) is 5.91 Å². The summed E-state index contributed by atoms with van der Waals surface area (Å²) < 4.78 is 0. The van der Waals surface area contributed by atoms with E-state index in [4.69, 9.17) is 0 Å². The number of carbonyl (C=O) groups is 1. The van der Waals surface area contributed by atoms with E-state index in [0.29, 0.717) is 19.6 Å². The van der Waals surface area contributed by atoms with E-state index in [-0.39, 0.29) is 18.2 Å². The molecule has 0 aliphatic carbocycles. The standard InChI is InChI=1S/C22H28N4O4/c1-16-4-3-5-17(2)20(16)23-22(28)21(18-6-8-19(9-7-18)26(29)30)25-12-10-24(11-13-25)14-15-27/h3-9,21,27H,10-15H2,1-2H3,(H,23,28). The van der Waals surface area contributed by atoms with Gasteiger partial charge in [-0.3, -0.25) is 24.7 Å². The maximum Gasteiger partial charge on any atom is 0.269 e. The number of rotatable bonds is 7. The third kappa shape index (κ3) is 5.02. The molecule has 1 amide bonds. The normalized spacial score (nSPS) is 16.2. The van der Waals surface area contributed by atoms with Gasteiger partial charge in [0.15, 0.2) is 0 Å². The maximum absolute atomic E-state index is 13.4. The van der Waals surface area contributed by atoms with Crippen LogP contribution < -0.4 is 5.32 Å². The van der Waals surface area contributed by atoms with Crippen molar-refractivity contribution in [2.24, 2.45) is 0 Å². The van der Waals surface area contributed by atoms with Crippen LogP contribution in [-0.4, -0.2) is 65.1 Å². The number of nitro groups is 1. The van der Waals surface area contributed by atoms with Crippen LogP contribution in [0.1, 0.15) is 22.7 Å². The molecule has 2 aromatic carbocycles. The highest BCUT2D eigenvalue weighted by Crippen LogP contribution is 2.28. The third-order valence-electron chi connectivity index (χ3n) is 5.59. The van der Waals surface area contributed by atoms with Crippen molar-refractivity contribution in [3.8, 4) is 0 Å². The molecule has 1 fully saturated rings. The first-order valence-corrected chi connectivity index (χ1v) is 10.1. The van der Waals surface area contributed by atoms with Crippen LogP contribution >= 0.6 is 0 Å². The number of carbonyl (C=O) groups excluding carboxylic acids is 1. The predicted octanol–water partition coefficient (Wildman–Crippen LogP) is 2.50. The first-order valence-electron chi connectivity index (χ1n) is 10.1. The predicted molar refractivity (Wildman–Crippen MR) is 115 cm³/mol. The SMILES string of the molecule is Cc1cccc(C)c1NC(=O)C(c1ccc([N+](=O)[O-])cc1)N1CCN(CCO)CC1. The number of piperazine rings is 1. The van der Waals surface area contributed by atoms with Gasteiger partial charge < -0.3 is 10.4 Å². The lowest BCUT2D eigenvalue weighted by Gasteiger charge is -2.38. The van der Waals surface area contributed by atoms with E-state index >= 15 is 0 Å². The lowest BCUT2D eigenvalue weighted by Crippen LogP contribution is -2.50. The fourth-order valence-electron chi connectivity index (χ4n) is 3.90. The molecule has 0 saturated carbocycles. The van der Waals surface area contributed by atoms with Crippen LogP contribution in [0.4, 0.5) is 11.4 Å². The number of benzene rings is 2. The average Bonchev–Trinajstić information content (AvgIpc) is 2.73. The lowest BCUT2D eigenvalue weighted by atomic mass is 10.0. The molecule has 8 nitrogen and oxygen atoms in total. The van der Waals surface area contributed by atoms with Gasteiger partial charge >= 0.3 is 0 Å². The molecule has 0 spiro atoms. The number of aliphatic hydroxyl groups is 1. The summed E-state index contributed by atoms with van der Waals surface area (Å²) in [5.41, 5.74) is 3.49. The molecule has 1 aliphatic heterocycles. The van der Waals surface area contributed by atoms with Gasteiger partial charge in [0.25, 0.3) is 5.69 Å². The Morgan fingerprint density at radius 2 is 1.70 bits per heavy atom. The zero-order chi connectivity index (χ0) is 21.7. The topological polar surface area (TPSA) is 98.9 Å². The Hall–Kier alpha value is -2.81. The summed E-state index contributed by atoms with van der Waals surface area (Å²) in [5.74, 6) is -0.156. The average molecular weight is 412 g/mol. The van der Waals surface area contributed by atoms with E-state index < -0.39 is 11.0 Å². The largest absolute Gasteiger partial charge is 0.395 e. The van der Waals surface area contributed by atoms with Gasteiger partial charge in [-0.25, -0.2) is 0 Å². The van der Waals surface area contributed by atoms with E-state index in [1.807, 2.05) is 32.0 Å². The van der Waals surface area contributed by atoms with E-state index in [0.717, 1.165) is 35.5 Å². The highest BCUT2D eigenvalue weighted by atomic mass is 16.6. The molecule has 1 saturated heterocycles. The Morgan fingerprint density at radius 3 is 2.23 bits per heavy atom. The van der Waals surface area contributed by atoms with Crippen LogP contribution in [0.3, 0.4) is 0 Å². The summed E-state index contributed by atoms with van der Waals surface area (Å²) in [6.45, 7) is 7.48. The second-order valence-electron chi connectivity index (χ2n) is 7.61. The highest BCUT2D eigenvalue weighted by molar-refractivity contribution is 5.96. The molecular weight excluding hydrogens is 384 g/mol. The van der Waals surface area contributed by atoms with E-state index in [1.165, 1.54) is 12.1 Å². The van der Waals surface area contributed by atoms with Crippen molar-refractivity contribution < 1.29 is 14.8 Å². The fourth-order valence-corrected chi connectivity index (χ4v) is 3.90. The highest BCUT2D eigenvalue weighted by Gasteiger charge is 2.31. The second-order valence-corrected chi connectivity index (χ2v) is 7.61. The molecule has 2 N–H and O–H groups in total. The Morgan fingerprint density at radius 1 is 1.10 bits per heavy atom. The number of anilines is 1. The minimum absolute atomic E-state index is 0.000390. The zero-order valence-electron chi connectivity index (χ0n) is 17.4. The first-order chi connectivity index (χ1) is 14.4. The van der Waals surface area contributed by atoms with Gasteiger partial charge in [-0.1, -0.05) is 30.3 Å². The number of hydrogen-bond donors (Lipinski definition) is 2. The van der Waals surface area contributed by atoms with Gasteiger partial charge in [-0.05, 0) is 30.5 Å². The lowest BCUT2D eigenvalue weighted by molar-refractivity contribution is -0.384. The maximum atomic E-state index is 13.4. The number of hydrogen-bond acceptors (Lipinski definition) is 6. The van der Waals surface area contributed by atoms with Crippen molar-refractivity contribution in [3.63, 3.8) is 0 Å². The Kier molecular flexibility index (Phi) is 7.15. The summed E-state index contributed by atoms with van der Waals surface area (Å²) in [7, 11) is 0. The smallest absolute Gasteiger partial charge is 0.269 e. The number of amides is 1. The van der Waals surface area contributed by atoms with Crippen LogP contribution in [0.25, 0.3) is 0 Å². The molecule has 30 heavy (non-hydrogen) atoms. The molecule has 160 valence electrons. The zero-order valence-corrected chi connectivity index (χ0v) is 17.4. The molecule has 2 aromatic rings. The number of para-hydroxylation sites is 1. The molecule has 8 heteroatoms. The number of aliphatic hydroxyl groups excluding tert-OH is 1. The molecule has 0 bridgehead atoms. The Balaban J connectivity index is 1.87. The van der Waals surface area contributed by atoms with Crippen molar-refractivity contribution in [3.05, 3.63) is 69.3 Å². The number of non-ortho nitro benzene ring substituents is 1. The summed E-state index contributed by atoms with van der Waals surface area (Å²) in [6, 6.07) is 11.5. The van der Waals surface area contributed by atoms with Crippen molar-refractivity contribution in [1.29, 1.82) is 0 Å². The monoisotopic (exact) mass is 412 g/mol. The molecule has 0 radical (unpaired) electrons. The van der Waals surface area contributed by atoms with Crippen LogP contribution in [0.5, 0.6) is 0 Å². The van der Waals surface area contributed by atoms with Crippen molar-refractivity contribution in [2.75, 3.05) is 44.6 Å². The number of nitrogens with one attached hydrogen (secondary N) is 1. The van der Waals surface area contributed by atoms with Gasteiger partial charge in [0, 0.05) is 50.5 Å². The first kappa shape index (κ1) is 21.9. The van der Waals surface area contributed by atoms with Crippen molar-refractivity contribution in [1.82, 2.24) is 9.80 Å². The van der Waals surface area contributed by atoms with Crippen LogP contribution in [0, 0.1) is 24.0 Å². The molecule has 1 heterocycles. The van der Waals surface area contributed by atoms with E-state index in [2.05, 4.69) is 15.1 Å². The summed E-state index contributed by atoms with van der Waals surface area (Å²) in [6.07, 6.45) is 0. The molecule has 1 unspecified atom stereocenters. The molecule has 3 rings (SSSR count). The Bertz CT molecular complexity index is 872. The van der Waals surface area contributed by atoms with Crippen molar-refractivity contribution >= 4 is 17.3 Å². The molecule has 1 aliphatic rings. The van der Waals surface area contributed by atoms with Gasteiger partial charge in [0.05, 0.1) is 11.5 Å². The van der Waals surface area contributed by atoms with Crippen LogP contribution in [0.15, 0.2) is 42.5 Å².